The van der Waals surface area contributed by atoms with E-state index in [1.165, 1.54) is 11.1 Å². The van der Waals surface area contributed by atoms with Crippen LogP contribution in [0.15, 0.2) is 60.7 Å². The van der Waals surface area contributed by atoms with Crippen LogP contribution in [0, 0.1) is 0 Å². The normalized spacial score (nSPS) is 9.40. The minimum absolute atomic E-state index is 1.28. The van der Waals surface area contributed by atoms with E-state index in [9.17, 15) is 0 Å². The molecule has 0 aromatic heterocycles. The number of benzene rings is 2. The van der Waals surface area contributed by atoms with Crippen molar-refractivity contribution in [3.05, 3.63) is 60.7 Å². The van der Waals surface area contributed by atoms with Crippen LogP contribution < -0.4 is 0 Å². The molecule has 2 aromatic carbocycles. The summed E-state index contributed by atoms with van der Waals surface area (Å²) in [6.07, 6.45) is 0. The van der Waals surface area contributed by atoms with Crippen molar-refractivity contribution < 1.29 is 29.4 Å². The molecule has 20 heavy (non-hydrogen) atoms. The van der Waals surface area contributed by atoms with E-state index in [1.54, 1.807) is 0 Å². The average Bonchev–Trinajstić information content (AvgIpc) is 2.39. The highest BCUT2D eigenvalue weighted by Gasteiger charge is 1.91. The first-order valence-corrected chi connectivity index (χ1v) is 7.67. The Morgan fingerprint density at radius 1 is 0.450 bits per heavy atom. The van der Waals surface area contributed by atoms with E-state index in [4.69, 9.17) is 29.4 Å². The molecule has 2 rings (SSSR count). The van der Waals surface area contributed by atoms with Gasteiger partial charge in [0, 0.05) is 0 Å². The third kappa shape index (κ3) is 12.1. The van der Waals surface area contributed by atoms with E-state index in [-0.39, 0.29) is 0 Å². The zero-order chi connectivity index (χ0) is 15.4. The van der Waals surface area contributed by atoms with Crippen molar-refractivity contribution in [3.8, 4) is 11.1 Å². The van der Waals surface area contributed by atoms with Gasteiger partial charge in [0.2, 0.25) is 0 Å². The maximum absolute atomic E-state index is 7.23. The highest BCUT2D eigenvalue weighted by Crippen LogP contribution is 2.17. The molecule has 0 heterocycles. The van der Waals surface area contributed by atoms with E-state index in [1.807, 2.05) is 12.1 Å². The minimum Gasteiger partial charge on any atom is -0.328 e. The minimum atomic E-state index is -2.62. The van der Waals surface area contributed by atoms with E-state index < -0.39 is 17.2 Å². The number of rotatable bonds is 1. The van der Waals surface area contributed by atoms with Crippen molar-refractivity contribution in [3.63, 3.8) is 0 Å². The van der Waals surface area contributed by atoms with Crippen molar-refractivity contribution in [2.75, 3.05) is 0 Å². The predicted octanol–water partition coefficient (Wildman–Crippen LogP) is 1.73. The van der Waals surface area contributed by atoms with Gasteiger partial charge in [-0.2, -0.15) is 0 Å². The van der Waals surface area contributed by atoms with Gasteiger partial charge in [-0.1, -0.05) is 60.7 Å². The molecule has 6 nitrogen and oxygen atoms in total. The molecule has 0 amide bonds. The number of hydrogen-bond donors (Lipinski definition) is 6. The van der Waals surface area contributed by atoms with Gasteiger partial charge in [-0.05, 0) is 11.1 Å². The zero-order valence-corrected chi connectivity index (χ0v) is 12.1. The summed E-state index contributed by atoms with van der Waals surface area (Å²) in [5.74, 6) is 0. The molecule has 0 bridgehead atoms. The van der Waals surface area contributed by atoms with E-state index in [0.717, 1.165) is 0 Å². The second-order valence-electron chi connectivity index (χ2n) is 3.27. The van der Waals surface area contributed by atoms with Gasteiger partial charge in [0.15, 0.2) is 0 Å². The smallest absolute Gasteiger partial charge is 0.324 e. The summed E-state index contributed by atoms with van der Waals surface area (Å²) in [6.45, 7) is 0. The van der Waals surface area contributed by atoms with E-state index >= 15 is 0 Å². The molecule has 110 valence electrons. The Bertz CT molecular complexity index is 389. The van der Waals surface area contributed by atoms with Crippen LogP contribution in [0.25, 0.3) is 11.1 Å². The van der Waals surface area contributed by atoms with Crippen LogP contribution in [-0.4, -0.2) is 29.4 Å². The second-order valence-corrected chi connectivity index (χ2v) is 4.34. The maximum atomic E-state index is 7.23. The maximum Gasteiger partial charge on any atom is 0.324 e. The lowest BCUT2D eigenvalue weighted by atomic mass is 10.1. The first-order valence-electron chi connectivity index (χ1n) is 5.27. The van der Waals surface area contributed by atoms with Crippen LogP contribution in [0.5, 0.6) is 0 Å². The highest BCUT2D eigenvalue weighted by molar-refractivity contribution is 7.38. The van der Waals surface area contributed by atoms with E-state index in [0.29, 0.717) is 0 Å². The Morgan fingerprint density at radius 3 is 0.850 bits per heavy atom. The molecule has 0 aliphatic carbocycles. The van der Waals surface area contributed by atoms with Crippen LogP contribution in [0.1, 0.15) is 0 Å². The van der Waals surface area contributed by atoms with Crippen molar-refractivity contribution in [1.82, 2.24) is 0 Å². The molecule has 0 saturated heterocycles. The van der Waals surface area contributed by atoms with Gasteiger partial charge in [-0.25, -0.2) is 0 Å². The van der Waals surface area contributed by atoms with E-state index in [2.05, 4.69) is 48.5 Å². The van der Waals surface area contributed by atoms with Gasteiger partial charge in [0.05, 0.1) is 0 Å². The topological polar surface area (TPSA) is 121 Å². The Kier molecular flexibility index (Phi) is 11.3. The quantitative estimate of drug-likeness (QED) is 0.445. The standard InChI is InChI=1S/C12H10.2H3O3P/c1-3-7-11(8-4-1)12-9-5-2-6-10-12;2*1-4(2)3/h1-10H;2*1-3H. The van der Waals surface area contributed by atoms with Gasteiger partial charge >= 0.3 is 17.2 Å². The van der Waals surface area contributed by atoms with Crippen LogP contribution in [0.3, 0.4) is 0 Å². The molecule has 0 fully saturated rings. The van der Waals surface area contributed by atoms with Crippen LogP contribution in [-0.2, 0) is 0 Å². The van der Waals surface area contributed by atoms with Gasteiger partial charge in [-0.15, -0.1) is 0 Å². The monoisotopic (exact) mass is 318 g/mol. The predicted molar refractivity (Wildman–Crippen MR) is 79.0 cm³/mol. The lowest BCUT2D eigenvalue weighted by molar-refractivity contribution is 0.366. The summed E-state index contributed by atoms with van der Waals surface area (Å²) in [4.78, 5) is 43.4. The molecule has 0 unspecified atom stereocenters. The molecule has 0 aliphatic rings. The SMILES string of the molecule is OP(O)O.OP(O)O.c1ccc(-c2ccccc2)cc1. The third-order valence-electron chi connectivity index (χ3n) is 1.88. The molecule has 0 radical (unpaired) electrons. The van der Waals surface area contributed by atoms with Gasteiger partial charge in [-0.3, -0.25) is 0 Å². The Hall–Kier alpha value is -0.940. The summed E-state index contributed by atoms with van der Waals surface area (Å²) in [5.41, 5.74) is 2.55. The lowest BCUT2D eigenvalue weighted by Crippen LogP contribution is -1.73. The van der Waals surface area contributed by atoms with Gasteiger partial charge in [0.25, 0.3) is 0 Å². The van der Waals surface area contributed by atoms with Gasteiger partial charge in [0.1, 0.15) is 0 Å². The zero-order valence-electron chi connectivity index (χ0n) is 10.4. The molecule has 6 N–H and O–H groups in total. The molecular formula is C12H16O6P2. The Balaban J connectivity index is 0.000000380. The first kappa shape index (κ1) is 19.1. The Morgan fingerprint density at radius 2 is 0.650 bits per heavy atom. The number of hydrogen-bond acceptors (Lipinski definition) is 6. The molecule has 0 aliphatic heterocycles. The summed E-state index contributed by atoms with van der Waals surface area (Å²) < 4.78 is 0. The summed E-state index contributed by atoms with van der Waals surface area (Å²) in [7, 11) is -5.24. The largest absolute Gasteiger partial charge is 0.328 e. The third-order valence-corrected chi connectivity index (χ3v) is 1.88. The highest BCUT2D eigenvalue weighted by atomic mass is 31.2. The fraction of sp³-hybridized carbons (Fsp3) is 0. The van der Waals surface area contributed by atoms with Crippen molar-refractivity contribution in [2.45, 2.75) is 0 Å². The van der Waals surface area contributed by atoms with Crippen molar-refractivity contribution in [1.29, 1.82) is 0 Å². The fourth-order valence-corrected chi connectivity index (χ4v) is 1.26. The molecular weight excluding hydrogens is 302 g/mol. The molecule has 0 spiro atoms. The van der Waals surface area contributed by atoms with Crippen LogP contribution >= 0.6 is 17.2 Å². The van der Waals surface area contributed by atoms with Crippen LogP contribution in [0.4, 0.5) is 0 Å². The summed E-state index contributed by atoms with van der Waals surface area (Å²) >= 11 is 0. The second kappa shape index (κ2) is 11.9. The summed E-state index contributed by atoms with van der Waals surface area (Å²) in [5, 5.41) is 0. The fourth-order valence-electron chi connectivity index (χ4n) is 1.26. The summed E-state index contributed by atoms with van der Waals surface area (Å²) in [6, 6.07) is 20.8. The van der Waals surface area contributed by atoms with Crippen molar-refractivity contribution >= 4 is 17.2 Å². The van der Waals surface area contributed by atoms with Gasteiger partial charge < -0.3 is 29.4 Å². The first-order chi connectivity index (χ1) is 9.43. The lowest BCUT2D eigenvalue weighted by Gasteiger charge is -1.98. The molecule has 0 atom stereocenters. The molecule has 2 aromatic rings. The molecule has 8 heteroatoms. The molecule has 0 saturated carbocycles. The van der Waals surface area contributed by atoms with Crippen molar-refractivity contribution in [2.24, 2.45) is 0 Å². The Labute approximate surface area is 119 Å². The average molecular weight is 318 g/mol. The van der Waals surface area contributed by atoms with Crippen LogP contribution in [0.2, 0.25) is 0 Å².